The summed E-state index contributed by atoms with van der Waals surface area (Å²) >= 11 is 0. The van der Waals surface area contributed by atoms with E-state index in [4.69, 9.17) is 0 Å². The zero-order chi connectivity index (χ0) is 10.2. The predicted molar refractivity (Wildman–Crippen MR) is 48.0 cm³/mol. The molecule has 2 aromatic rings. The minimum absolute atomic E-state index is 0.0660. The van der Waals surface area contributed by atoms with E-state index in [1.54, 1.807) is 24.4 Å². The molecule has 0 amide bonds. The molecule has 0 aliphatic rings. The summed E-state index contributed by atoms with van der Waals surface area (Å²) in [6.07, 6.45) is -2.79. The van der Waals surface area contributed by atoms with E-state index in [2.05, 4.69) is 4.98 Å². The van der Waals surface area contributed by atoms with Gasteiger partial charge in [0.15, 0.2) is 0 Å². The monoisotopic (exact) mass is 200 g/mol. The molecule has 0 aliphatic carbocycles. The molecule has 0 saturated carbocycles. The molecule has 0 atom stereocenters. The van der Waals surface area contributed by atoms with Gasteiger partial charge >= 0.3 is 6.30 Å². The van der Waals surface area contributed by atoms with Gasteiger partial charge in [0.1, 0.15) is 0 Å². The van der Waals surface area contributed by atoms with E-state index in [-0.39, 0.29) is 5.69 Å². The number of alkyl halides is 3. The number of benzene rings is 1. The number of fused-ring (bicyclic) bond motifs is 1. The minimum Gasteiger partial charge on any atom is -0.361 e. The molecule has 1 heterocycles. The second-order valence-corrected chi connectivity index (χ2v) is 2.87. The molecular formula is C9H7F3N2. The molecular weight excluding hydrogens is 193 g/mol. The number of rotatable bonds is 1. The van der Waals surface area contributed by atoms with E-state index >= 15 is 0 Å². The fraction of sp³-hybridized carbons (Fsp3) is 0.111. The smallest absolute Gasteiger partial charge is 0.361 e. The molecule has 2 nitrogen and oxygen atoms in total. The van der Waals surface area contributed by atoms with Gasteiger partial charge in [-0.1, -0.05) is 6.07 Å². The number of aromatic nitrogens is 1. The van der Waals surface area contributed by atoms with Crippen molar-refractivity contribution in [3.63, 3.8) is 0 Å². The second-order valence-electron chi connectivity index (χ2n) is 2.87. The van der Waals surface area contributed by atoms with Crippen molar-refractivity contribution in [3.05, 3.63) is 30.5 Å². The van der Waals surface area contributed by atoms with Crippen LogP contribution in [0.2, 0.25) is 0 Å². The zero-order valence-electron chi connectivity index (χ0n) is 7.02. The maximum atomic E-state index is 12.1. The molecule has 0 radical (unpaired) electrons. The van der Waals surface area contributed by atoms with Gasteiger partial charge in [0.05, 0.1) is 5.69 Å². The van der Waals surface area contributed by atoms with Crippen LogP contribution in [0.5, 0.6) is 0 Å². The molecule has 14 heavy (non-hydrogen) atoms. The highest BCUT2D eigenvalue weighted by molar-refractivity contribution is 5.91. The lowest BCUT2D eigenvalue weighted by Gasteiger charge is -2.10. The van der Waals surface area contributed by atoms with Crippen LogP contribution in [0.15, 0.2) is 30.5 Å². The summed E-state index contributed by atoms with van der Waals surface area (Å²) in [5.41, 5.74) is 0.746. The van der Waals surface area contributed by atoms with Gasteiger partial charge < -0.3 is 4.98 Å². The van der Waals surface area contributed by atoms with Crippen molar-refractivity contribution in [3.8, 4) is 0 Å². The molecule has 2 rings (SSSR count). The van der Waals surface area contributed by atoms with Gasteiger partial charge in [-0.15, -0.1) is 0 Å². The molecule has 1 aromatic heterocycles. The number of anilines is 1. The molecule has 0 aliphatic heterocycles. The van der Waals surface area contributed by atoms with Gasteiger partial charge in [-0.2, -0.15) is 13.2 Å². The number of nitrogens with one attached hydrogen (secondary N) is 2. The van der Waals surface area contributed by atoms with E-state index in [0.717, 1.165) is 0 Å². The first-order valence-electron chi connectivity index (χ1n) is 3.97. The average Bonchev–Trinajstić information content (AvgIpc) is 2.49. The maximum Gasteiger partial charge on any atom is 0.482 e. The van der Waals surface area contributed by atoms with Crippen LogP contribution in [0, 0.1) is 0 Å². The summed E-state index contributed by atoms with van der Waals surface area (Å²) in [5.74, 6) is 0. The second kappa shape index (κ2) is 2.94. The van der Waals surface area contributed by atoms with Gasteiger partial charge in [-0.25, -0.2) is 0 Å². The molecule has 0 bridgehead atoms. The minimum atomic E-state index is -4.40. The highest BCUT2D eigenvalue weighted by Gasteiger charge is 2.27. The lowest BCUT2D eigenvalue weighted by Crippen LogP contribution is -2.20. The van der Waals surface area contributed by atoms with Gasteiger partial charge in [0.2, 0.25) is 0 Å². The SMILES string of the molecule is FC(F)(F)Nc1cccc2[nH]ccc12. The first-order valence-corrected chi connectivity index (χ1v) is 3.97. The van der Waals surface area contributed by atoms with Crippen LogP contribution in [-0.2, 0) is 0 Å². The number of H-pyrrole nitrogens is 1. The summed E-state index contributed by atoms with van der Waals surface area (Å²) in [7, 11) is 0. The van der Waals surface area contributed by atoms with E-state index in [1.807, 2.05) is 0 Å². The predicted octanol–water partition coefficient (Wildman–Crippen LogP) is 3.10. The van der Waals surface area contributed by atoms with Gasteiger partial charge in [0.25, 0.3) is 0 Å². The van der Waals surface area contributed by atoms with Crippen LogP contribution in [-0.4, -0.2) is 11.3 Å². The fourth-order valence-electron chi connectivity index (χ4n) is 1.35. The lowest BCUT2D eigenvalue weighted by atomic mass is 10.2. The Balaban J connectivity index is 2.46. The van der Waals surface area contributed by atoms with Crippen LogP contribution >= 0.6 is 0 Å². The molecule has 0 unspecified atom stereocenters. The van der Waals surface area contributed by atoms with Crippen LogP contribution < -0.4 is 5.32 Å². The Kier molecular flexibility index (Phi) is 1.87. The standard InChI is InChI=1S/C9H7F3N2/c10-9(11,12)14-8-3-1-2-7-6(8)4-5-13-7/h1-5,13-14H. The highest BCUT2D eigenvalue weighted by atomic mass is 19.4. The fourth-order valence-corrected chi connectivity index (χ4v) is 1.35. The number of hydrogen-bond donors (Lipinski definition) is 2. The number of aromatic amines is 1. The first kappa shape index (κ1) is 8.93. The van der Waals surface area contributed by atoms with Crippen molar-refractivity contribution in [1.82, 2.24) is 4.98 Å². The Morgan fingerprint density at radius 1 is 1.14 bits per heavy atom. The van der Waals surface area contributed by atoms with Gasteiger partial charge in [-0.3, -0.25) is 5.32 Å². The van der Waals surface area contributed by atoms with Crippen molar-refractivity contribution in [2.45, 2.75) is 6.30 Å². The quantitative estimate of drug-likeness (QED) is 0.680. The molecule has 1 aromatic carbocycles. The third-order valence-electron chi connectivity index (χ3n) is 1.87. The largest absolute Gasteiger partial charge is 0.482 e. The molecule has 74 valence electrons. The van der Waals surface area contributed by atoms with Gasteiger partial charge in [0, 0.05) is 17.1 Å². The van der Waals surface area contributed by atoms with Crippen LogP contribution in [0.25, 0.3) is 10.9 Å². The summed E-state index contributed by atoms with van der Waals surface area (Å²) < 4.78 is 36.2. The maximum absolute atomic E-state index is 12.1. The van der Waals surface area contributed by atoms with E-state index in [1.165, 1.54) is 11.4 Å². The van der Waals surface area contributed by atoms with E-state index in [0.29, 0.717) is 10.9 Å². The topological polar surface area (TPSA) is 27.8 Å². The van der Waals surface area contributed by atoms with Crippen molar-refractivity contribution in [1.29, 1.82) is 0 Å². The van der Waals surface area contributed by atoms with Gasteiger partial charge in [-0.05, 0) is 18.2 Å². The Hall–Kier alpha value is -1.65. The van der Waals surface area contributed by atoms with Crippen LogP contribution in [0.1, 0.15) is 0 Å². The summed E-state index contributed by atoms with van der Waals surface area (Å²) in [6.45, 7) is 0. The van der Waals surface area contributed by atoms with E-state index < -0.39 is 6.30 Å². The first-order chi connectivity index (χ1) is 6.56. The van der Waals surface area contributed by atoms with Crippen LogP contribution in [0.4, 0.5) is 18.9 Å². The van der Waals surface area contributed by atoms with Crippen molar-refractivity contribution < 1.29 is 13.2 Å². The Labute approximate surface area is 77.7 Å². The van der Waals surface area contributed by atoms with Crippen molar-refractivity contribution in [2.24, 2.45) is 0 Å². The molecule has 5 heteroatoms. The molecule has 0 saturated heterocycles. The Morgan fingerprint density at radius 3 is 2.64 bits per heavy atom. The normalized spacial score (nSPS) is 11.9. The molecule has 0 fully saturated rings. The third-order valence-corrected chi connectivity index (χ3v) is 1.87. The van der Waals surface area contributed by atoms with Crippen LogP contribution in [0.3, 0.4) is 0 Å². The summed E-state index contributed by atoms with van der Waals surface area (Å²) in [4.78, 5) is 2.84. The molecule has 2 N–H and O–H groups in total. The highest BCUT2D eigenvalue weighted by Crippen LogP contribution is 2.26. The summed E-state index contributed by atoms with van der Waals surface area (Å²) in [5, 5.41) is 2.02. The molecule has 0 spiro atoms. The van der Waals surface area contributed by atoms with Crippen molar-refractivity contribution in [2.75, 3.05) is 5.32 Å². The Bertz CT molecular complexity index is 444. The number of halogens is 3. The number of hydrogen-bond acceptors (Lipinski definition) is 1. The van der Waals surface area contributed by atoms with E-state index in [9.17, 15) is 13.2 Å². The Morgan fingerprint density at radius 2 is 1.93 bits per heavy atom. The van der Waals surface area contributed by atoms with Crippen molar-refractivity contribution >= 4 is 16.6 Å². The average molecular weight is 200 g/mol. The third kappa shape index (κ3) is 1.66. The summed E-state index contributed by atoms with van der Waals surface area (Å²) in [6, 6.07) is 6.27. The lowest BCUT2D eigenvalue weighted by molar-refractivity contribution is -0.0998. The zero-order valence-corrected chi connectivity index (χ0v) is 7.02.